The van der Waals surface area contributed by atoms with Gasteiger partial charge in [-0.3, -0.25) is 4.79 Å². The molecule has 1 saturated heterocycles. The Bertz CT molecular complexity index is 1140. The van der Waals surface area contributed by atoms with Crippen molar-refractivity contribution in [3.8, 4) is 0 Å². The normalized spacial score (nSPS) is 26.1. The van der Waals surface area contributed by atoms with Gasteiger partial charge in [0.05, 0.1) is 31.0 Å². The Morgan fingerprint density at radius 3 is 2.25 bits per heavy atom. The summed E-state index contributed by atoms with van der Waals surface area (Å²) in [7, 11) is 3.80. The first-order chi connectivity index (χ1) is 18.8. The minimum atomic E-state index is -4.43. The van der Waals surface area contributed by atoms with E-state index >= 15 is 0 Å². The van der Waals surface area contributed by atoms with Crippen molar-refractivity contribution >= 4 is 5.91 Å². The van der Waals surface area contributed by atoms with Crippen LogP contribution >= 0.6 is 0 Å². The van der Waals surface area contributed by atoms with E-state index in [0.717, 1.165) is 12.1 Å². The number of nitrogens with zero attached hydrogens (tertiary/aromatic N) is 1. The molecule has 7 nitrogen and oxygen atoms in total. The molecule has 1 aliphatic heterocycles. The van der Waals surface area contributed by atoms with E-state index in [0.29, 0.717) is 24.2 Å². The monoisotopic (exact) mass is 568 g/mol. The number of fused-ring (bicyclic) bond motifs is 1. The van der Waals surface area contributed by atoms with E-state index in [-0.39, 0.29) is 37.8 Å². The van der Waals surface area contributed by atoms with Crippen LogP contribution in [0, 0.1) is 5.82 Å². The molecule has 1 aliphatic carbocycles. The summed E-state index contributed by atoms with van der Waals surface area (Å²) in [5.41, 5.74) is -0.862. The van der Waals surface area contributed by atoms with Crippen molar-refractivity contribution in [1.82, 2.24) is 10.2 Å². The molecule has 220 valence electrons. The van der Waals surface area contributed by atoms with E-state index in [1.54, 1.807) is 26.0 Å². The summed E-state index contributed by atoms with van der Waals surface area (Å²) in [6.07, 6.45) is -5.80. The summed E-state index contributed by atoms with van der Waals surface area (Å²) in [5, 5.41) is 2.96. The van der Waals surface area contributed by atoms with E-state index in [1.807, 2.05) is 19.0 Å². The molecule has 2 aromatic rings. The van der Waals surface area contributed by atoms with Gasteiger partial charge in [0.2, 0.25) is 0 Å². The van der Waals surface area contributed by atoms with Crippen LogP contribution in [0.1, 0.15) is 43.4 Å². The maximum absolute atomic E-state index is 13.7. The molecule has 2 aliphatic rings. The average molecular weight is 569 g/mol. The van der Waals surface area contributed by atoms with Gasteiger partial charge in [-0.05, 0) is 63.3 Å². The number of hydrogen-bond donors (Lipinski definition) is 1. The summed E-state index contributed by atoms with van der Waals surface area (Å²) in [5.74, 6) is -1.64. The van der Waals surface area contributed by atoms with Crippen molar-refractivity contribution in [3.05, 3.63) is 71.0 Å². The van der Waals surface area contributed by atoms with Crippen LogP contribution in [0.4, 0.5) is 17.6 Å². The molecule has 1 unspecified atom stereocenters. The fourth-order valence-electron chi connectivity index (χ4n) is 5.06. The van der Waals surface area contributed by atoms with Crippen molar-refractivity contribution in [3.63, 3.8) is 0 Å². The van der Waals surface area contributed by atoms with Crippen LogP contribution in [-0.2, 0) is 43.1 Å². The molecule has 2 fully saturated rings. The Balaban J connectivity index is 1.57. The number of rotatable bonds is 10. The van der Waals surface area contributed by atoms with Crippen LogP contribution < -0.4 is 5.32 Å². The molecule has 0 spiro atoms. The van der Waals surface area contributed by atoms with Crippen LogP contribution in [0.15, 0.2) is 48.5 Å². The van der Waals surface area contributed by atoms with Crippen molar-refractivity contribution < 1.29 is 41.3 Å². The van der Waals surface area contributed by atoms with Gasteiger partial charge in [-0.2, -0.15) is 13.2 Å². The second kappa shape index (κ2) is 12.1. The molecule has 4 rings (SSSR count). The number of carbonyl (C=O) groups is 1. The van der Waals surface area contributed by atoms with Crippen LogP contribution in [0.2, 0.25) is 0 Å². The summed E-state index contributed by atoms with van der Waals surface area (Å²) in [6, 6.07) is 10.6. The van der Waals surface area contributed by atoms with Crippen molar-refractivity contribution in [1.29, 1.82) is 0 Å². The molecule has 2 aromatic carbocycles. The first kappa shape index (κ1) is 30.4. The van der Waals surface area contributed by atoms with Crippen molar-refractivity contribution in [2.45, 2.75) is 75.8 Å². The topological polar surface area (TPSA) is 69.3 Å². The SMILES string of the molecule is CN(C)CCNC(=O)[C@@]1(OCc2ccc(F)cc2)CC(OCc2ccc(C(F)(F)F)cc2)[C@@H]2OC(C)(C)O[C@@H]2C1. The highest BCUT2D eigenvalue weighted by Crippen LogP contribution is 2.44. The van der Waals surface area contributed by atoms with Gasteiger partial charge in [-0.25, -0.2) is 4.39 Å². The van der Waals surface area contributed by atoms with E-state index in [9.17, 15) is 22.4 Å². The zero-order valence-corrected chi connectivity index (χ0v) is 23.1. The quantitative estimate of drug-likeness (QED) is 0.420. The smallest absolute Gasteiger partial charge is 0.371 e. The van der Waals surface area contributed by atoms with Gasteiger partial charge in [-0.15, -0.1) is 0 Å². The molecule has 40 heavy (non-hydrogen) atoms. The Hall–Kier alpha value is -2.57. The van der Waals surface area contributed by atoms with E-state index < -0.39 is 41.4 Å². The number of likely N-dealkylation sites (N-methyl/N-ethyl adjacent to an activating group) is 1. The van der Waals surface area contributed by atoms with E-state index in [2.05, 4.69) is 5.32 Å². The van der Waals surface area contributed by atoms with E-state index in [4.69, 9.17) is 18.9 Å². The van der Waals surface area contributed by atoms with Crippen LogP contribution in [0.5, 0.6) is 0 Å². The molecule has 11 heteroatoms. The molecule has 1 saturated carbocycles. The number of hydrogen-bond acceptors (Lipinski definition) is 6. The van der Waals surface area contributed by atoms with Crippen LogP contribution in [-0.4, -0.2) is 67.7 Å². The molecular formula is C29H36F4N2O5. The molecule has 0 bridgehead atoms. The predicted molar refractivity (Wildman–Crippen MR) is 139 cm³/mol. The Morgan fingerprint density at radius 2 is 1.62 bits per heavy atom. The highest BCUT2D eigenvalue weighted by atomic mass is 19.4. The highest BCUT2D eigenvalue weighted by Gasteiger charge is 2.58. The maximum atomic E-state index is 13.7. The Morgan fingerprint density at radius 1 is 1.00 bits per heavy atom. The standard InChI is InChI=1S/C29H36F4N2O5/c1-27(2)39-24-16-28(26(36)34-13-14-35(3)4,38-18-20-7-11-22(30)12-8-20)15-23(25(24)40-27)37-17-19-5-9-21(10-6-19)29(31,32)33/h5-12,23-25H,13-18H2,1-4H3,(H,34,36)/t23?,24-,25+,28-/m1/s1. The largest absolute Gasteiger partial charge is 0.416 e. The van der Waals surface area contributed by atoms with Gasteiger partial charge >= 0.3 is 6.18 Å². The summed E-state index contributed by atoms with van der Waals surface area (Å²) < 4.78 is 77.3. The molecule has 1 heterocycles. The third-order valence-corrected chi connectivity index (χ3v) is 7.08. The summed E-state index contributed by atoms with van der Waals surface area (Å²) in [4.78, 5) is 15.6. The highest BCUT2D eigenvalue weighted by molar-refractivity contribution is 5.85. The first-order valence-electron chi connectivity index (χ1n) is 13.2. The number of benzene rings is 2. The van der Waals surface area contributed by atoms with E-state index in [1.165, 1.54) is 24.3 Å². The van der Waals surface area contributed by atoms with Gasteiger partial charge in [0.1, 0.15) is 11.9 Å². The lowest BCUT2D eigenvalue weighted by Crippen LogP contribution is -2.60. The second-order valence-electron chi connectivity index (χ2n) is 11.1. The minimum Gasteiger partial charge on any atom is -0.371 e. The lowest BCUT2D eigenvalue weighted by Gasteiger charge is -2.43. The van der Waals surface area contributed by atoms with Crippen LogP contribution in [0.3, 0.4) is 0 Å². The number of halogens is 4. The molecule has 1 N–H and O–H groups in total. The number of ether oxygens (including phenoxy) is 4. The number of carbonyl (C=O) groups excluding carboxylic acids is 1. The van der Waals surface area contributed by atoms with Gasteiger partial charge in [0, 0.05) is 25.9 Å². The summed E-state index contributed by atoms with van der Waals surface area (Å²) >= 11 is 0. The van der Waals surface area contributed by atoms with Crippen LogP contribution in [0.25, 0.3) is 0 Å². The number of nitrogens with one attached hydrogen (secondary N) is 1. The Labute approximate surface area is 231 Å². The minimum absolute atomic E-state index is 0.00605. The van der Waals surface area contributed by atoms with Gasteiger partial charge in [-0.1, -0.05) is 24.3 Å². The third-order valence-electron chi connectivity index (χ3n) is 7.08. The zero-order valence-electron chi connectivity index (χ0n) is 23.1. The molecule has 0 radical (unpaired) electrons. The Kier molecular flexibility index (Phi) is 9.21. The zero-order chi connectivity index (χ0) is 29.1. The average Bonchev–Trinajstić information content (AvgIpc) is 3.20. The van der Waals surface area contributed by atoms with Gasteiger partial charge in [0.25, 0.3) is 5.91 Å². The maximum Gasteiger partial charge on any atom is 0.416 e. The fourth-order valence-corrected chi connectivity index (χ4v) is 5.06. The lowest BCUT2D eigenvalue weighted by molar-refractivity contribution is -0.183. The fraction of sp³-hybridized carbons (Fsp3) is 0.552. The second-order valence-corrected chi connectivity index (χ2v) is 11.1. The van der Waals surface area contributed by atoms with Crippen molar-refractivity contribution in [2.24, 2.45) is 0 Å². The first-order valence-corrected chi connectivity index (χ1v) is 13.2. The van der Waals surface area contributed by atoms with Gasteiger partial charge < -0.3 is 29.2 Å². The summed E-state index contributed by atoms with van der Waals surface area (Å²) in [6.45, 7) is 4.61. The molecule has 1 amide bonds. The molecule has 0 aromatic heterocycles. The lowest BCUT2D eigenvalue weighted by atomic mass is 9.78. The number of alkyl halides is 3. The van der Waals surface area contributed by atoms with Crippen molar-refractivity contribution in [2.75, 3.05) is 27.2 Å². The molecule has 4 atom stereocenters. The molecular weight excluding hydrogens is 532 g/mol. The van der Waals surface area contributed by atoms with Gasteiger partial charge in [0.15, 0.2) is 11.4 Å². The number of amides is 1. The third kappa shape index (κ3) is 7.58. The predicted octanol–water partition coefficient (Wildman–Crippen LogP) is 4.68.